The van der Waals surface area contributed by atoms with E-state index < -0.39 is 16.1 Å². The Kier molecular flexibility index (Phi) is 2.64. The Balaban J connectivity index is 4.06. The van der Waals surface area contributed by atoms with Crippen molar-refractivity contribution in [3.05, 3.63) is 0 Å². The van der Waals surface area contributed by atoms with E-state index >= 15 is 0 Å². The molecule has 0 aliphatic heterocycles. The van der Waals surface area contributed by atoms with Crippen LogP contribution in [-0.2, 0) is 19.1 Å². The van der Waals surface area contributed by atoms with Gasteiger partial charge in [-0.3, -0.25) is 4.79 Å². The van der Waals surface area contributed by atoms with Crippen LogP contribution in [0, 0.1) is 0 Å². The van der Waals surface area contributed by atoms with Crippen molar-refractivity contribution in [2.24, 2.45) is 0 Å². The minimum atomic E-state index is -3.57. The van der Waals surface area contributed by atoms with Crippen LogP contribution in [0.4, 0.5) is 0 Å². The molecule has 0 unspecified atom stereocenters. The summed E-state index contributed by atoms with van der Waals surface area (Å²) in [6.45, 7) is 2.45. The SMILES string of the molecule is CCS(=O)(=O)OC(C)=O. The van der Waals surface area contributed by atoms with E-state index in [1.54, 1.807) is 0 Å². The number of hydrogen-bond acceptors (Lipinski definition) is 4. The molecule has 0 fully saturated rings. The first-order valence-electron chi connectivity index (χ1n) is 2.40. The second-order valence-corrected chi connectivity index (χ2v) is 3.28. The van der Waals surface area contributed by atoms with Gasteiger partial charge in [0.1, 0.15) is 0 Å². The highest BCUT2D eigenvalue weighted by Crippen LogP contribution is 1.91. The van der Waals surface area contributed by atoms with E-state index in [4.69, 9.17) is 0 Å². The van der Waals surface area contributed by atoms with Gasteiger partial charge in [-0.25, -0.2) is 0 Å². The number of carbonyl (C=O) groups excluding carboxylic acids is 1. The van der Waals surface area contributed by atoms with Crippen LogP contribution in [0.3, 0.4) is 0 Å². The Morgan fingerprint density at radius 2 is 2.00 bits per heavy atom. The normalized spacial score (nSPS) is 10.9. The maximum Gasteiger partial charge on any atom is 0.319 e. The third kappa shape index (κ3) is 3.96. The highest BCUT2D eigenvalue weighted by molar-refractivity contribution is 7.87. The molecule has 0 aromatic rings. The molecule has 0 saturated carbocycles. The first-order valence-corrected chi connectivity index (χ1v) is 3.98. The quantitative estimate of drug-likeness (QED) is 0.518. The molecular formula is C4H8O4S. The molecular weight excluding hydrogens is 144 g/mol. The summed E-state index contributed by atoms with van der Waals surface area (Å²) in [5.41, 5.74) is 0. The molecule has 4 nitrogen and oxygen atoms in total. The van der Waals surface area contributed by atoms with Crippen LogP contribution in [0.5, 0.6) is 0 Å². The molecule has 0 aromatic carbocycles. The summed E-state index contributed by atoms with van der Waals surface area (Å²) in [4.78, 5) is 10.0. The first kappa shape index (κ1) is 8.42. The van der Waals surface area contributed by atoms with Crippen LogP contribution in [0.15, 0.2) is 0 Å². The lowest BCUT2D eigenvalue weighted by molar-refractivity contribution is -0.131. The van der Waals surface area contributed by atoms with Crippen molar-refractivity contribution in [3.8, 4) is 0 Å². The fourth-order valence-electron chi connectivity index (χ4n) is 0.238. The molecule has 54 valence electrons. The lowest BCUT2D eigenvalue weighted by atomic mass is 10.9. The maximum absolute atomic E-state index is 10.4. The van der Waals surface area contributed by atoms with Gasteiger partial charge in [-0.15, -0.1) is 0 Å². The second-order valence-electron chi connectivity index (χ2n) is 1.42. The molecule has 0 atom stereocenters. The summed E-state index contributed by atoms with van der Waals surface area (Å²) in [5, 5.41) is 0. The molecule has 0 aromatic heterocycles. The van der Waals surface area contributed by atoms with Gasteiger partial charge < -0.3 is 4.18 Å². The molecule has 0 rings (SSSR count). The van der Waals surface area contributed by atoms with Crippen LogP contribution < -0.4 is 0 Å². The summed E-state index contributed by atoms with van der Waals surface area (Å²) < 4.78 is 24.7. The van der Waals surface area contributed by atoms with Crippen molar-refractivity contribution in [2.45, 2.75) is 13.8 Å². The smallest absolute Gasteiger partial charge is 0.319 e. The Bertz CT molecular complexity index is 191. The van der Waals surface area contributed by atoms with Gasteiger partial charge in [0, 0.05) is 6.92 Å². The summed E-state index contributed by atoms with van der Waals surface area (Å²) in [7, 11) is -3.57. The minimum absolute atomic E-state index is 0.174. The molecule has 0 amide bonds. The van der Waals surface area contributed by atoms with E-state index in [0.717, 1.165) is 6.92 Å². The number of rotatable bonds is 2. The fourth-order valence-corrected chi connectivity index (χ4v) is 0.713. The maximum atomic E-state index is 10.4. The van der Waals surface area contributed by atoms with E-state index in [9.17, 15) is 13.2 Å². The van der Waals surface area contributed by atoms with E-state index in [0.29, 0.717) is 0 Å². The first-order chi connectivity index (χ1) is 3.98. The zero-order valence-electron chi connectivity index (χ0n) is 5.25. The predicted molar refractivity (Wildman–Crippen MR) is 31.2 cm³/mol. The van der Waals surface area contributed by atoms with Gasteiger partial charge in [-0.2, -0.15) is 8.42 Å². The van der Waals surface area contributed by atoms with Crippen molar-refractivity contribution in [1.82, 2.24) is 0 Å². The van der Waals surface area contributed by atoms with Crippen LogP contribution in [-0.4, -0.2) is 20.1 Å². The van der Waals surface area contributed by atoms with E-state index in [2.05, 4.69) is 4.18 Å². The summed E-state index contributed by atoms with van der Waals surface area (Å²) >= 11 is 0. The van der Waals surface area contributed by atoms with Gasteiger partial charge in [0.25, 0.3) is 0 Å². The Labute approximate surface area is 53.9 Å². The van der Waals surface area contributed by atoms with E-state index in [1.165, 1.54) is 6.92 Å². The lowest BCUT2D eigenvalue weighted by Gasteiger charge is -1.96. The topological polar surface area (TPSA) is 60.4 Å². The molecule has 0 aliphatic carbocycles. The Morgan fingerprint density at radius 3 is 2.11 bits per heavy atom. The molecule has 0 N–H and O–H groups in total. The Morgan fingerprint density at radius 1 is 1.56 bits per heavy atom. The van der Waals surface area contributed by atoms with Crippen molar-refractivity contribution >= 4 is 16.1 Å². The van der Waals surface area contributed by atoms with Gasteiger partial charge in [-0.1, -0.05) is 0 Å². The molecule has 5 heteroatoms. The zero-order chi connectivity index (χ0) is 7.49. The molecule has 0 saturated heterocycles. The highest BCUT2D eigenvalue weighted by atomic mass is 32.2. The lowest BCUT2D eigenvalue weighted by Crippen LogP contribution is -2.11. The predicted octanol–water partition coefficient (Wildman–Crippen LogP) is -0.101. The number of carbonyl (C=O) groups is 1. The van der Waals surface area contributed by atoms with Crippen LogP contribution in [0.2, 0.25) is 0 Å². The van der Waals surface area contributed by atoms with Crippen molar-refractivity contribution in [2.75, 3.05) is 5.75 Å². The molecule has 0 radical (unpaired) electrons. The van der Waals surface area contributed by atoms with Gasteiger partial charge >= 0.3 is 16.1 Å². The van der Waals surface area contributed by atoms with Gasteiger partial charge in [0.2, 0.25) is 0 Å². The summed E-state index contributed by atoms with van der Waals surface area (Å²) in [6.07, 6.45) is 0. The average molecular weight is 152 g/mol. The van der Waals surface area contributed by atoms with Crippen molar-refractivity contribution in [3.63, 3.8) is 0 Å². The molecule has 0 heterocycles. The standard InChI is InChI=1S/C4H8O4S/c1-3-9(6,7)8-4(2)5/h3H2,1-2H3. The molecule has 0 spiro atoms. The van der Waals surface area contributed by atoms with Crippen molar-refractivity contribution < 1.29 is 17.4 Å². The highest BCUT2D eigenvalue weighted by Gasteiger charge is 2.08. The third-order valence-corrected chi connectivity index (χ3v) is 1.79. The van der Waals surface area contributed by atoms with Gasteiger partial charge in [-0.05, 0) is 6.92 Å². The van der Waals surface area contributed by atoms with Crippen LogP contribution in [0.25, 0.3) is 0 Å². The largest absolute Gasteiger partial charge is 0.346 e. The molecule has 9 heavy (non-hydrogen) atoms. The molecule has 0 aliphatic rings. The van der Waals surface area contributed by atoms with E-state index in [-0.39, 0.29) is 5.75 Å². The van der Waals surface area contributed by atoms with Gasteiger partial charge in [0.15, 0.2) is 0 Å². The molecule has 0 bridgehead atoms. The average Bonchev–Trinajstić information content (AvgIpc) is 1.63. The number of hydrogen-bond donors (Lipinski definition) is 0. The van der Waals surface area contributed by atoms with Gasteiger partial charge in [0.05, 0.1) is 5.75 Å². The Hall–Kier alpha value is -0.580. The van der Waals surface area contributed by atoms with E-state index in [1.807, 2.05) is 0 Å². The third-order valence-electron chi connectivity index (χ3n) is 0.598. The van der Waals surface area contributed by atoms with Crippen molar-refractivity contribution in [1.29, 1.82) is 0 Å². The van der Waals surface area contributed by atoms with Crippen LogP contribution >= 0.6 is 0 Å². The monoisotopic (exact) mass is 152 g/mol. The van der Waals surface area contributed by atoms with Crippen LogP contribution in [0.1, 0.15) is 13.8 Å². The fraction of sp³-hybridized carbons (Fsp3) is 0.750. The second kappa shape index (κ2) is 2.82. The summed E-state index contributed by atoms with van der Waals surface area (Å²) in [5.74, 6) is -0.969. The zero-order valence-corrected chi connectivity index (χ0v) is 6.06. The summed E-state index contributed by atoms with van der Waals surface area (Å²) in [6, 6.07) is 0. The minimum Gasteiger partial charge on any atom is -0.346 e.